The van der Waals surface area contributed by atoms with Gasteiger partial charge in [0.15, 0.2) is 12.7 Å². The van der Waals surface area contributed by atoms with Gasteiger partial charge in [-0.15, -0.1) is 20.4 Å². The molecule has 642 valence electrons. The van der Waals surface area contributed by atoms with Crippen LogP contribution in [-0.4, -0.2) is 126 Å². The molecule has 0 spiro atoms. The van der Waals surface area contributed by atoms with E-state index in [0.29, 0.717) is 120 Å². The molecular weight excluding hydrogens is 1490 g/mol. The average molecular weight is 1630 g/mol. The molecule has 0 unspecified atom stereocenters. The lowest BCUT2D eigenvalue weighted by Gasteiger charge is -2.57. The Labute approximate surface area is 700 Å². The molecular formula is C95H140ClF3N14O4. The summed E-state index contributed by atoms with van der Waals surface area (Å²) < 4.78 is 40.2. The van der Waals surface area contributed by atoms with Crippen LogP contribution in [0.1, 0.15) is 266 Å². The normalized spacial score (nSPS) is 46.2. The number of hydrogen-bond donors (Lipinski definition) is 4. The van der Waals surface area contributed by atoms with E-state index in [4.69, 9.17) is 11.6 Å². The minimum atomic E-state index is -2.61. The Kier molecular flexibility index (Phi) is 23.8. The topological polar surface area (TPSA) is 230 Å². The summed E-state index contributed by atoms with van der Waals surface area (Å²) in [6, 6.07) is 0. The van der Waals surface area contributed by atoms with Gasteiger partial charge in [0.2, 0.25) is 0 Å². The first-order valence-electron chi connectivity index (χ1n) is 46.7. The van der Waals surface area contributed by atoms with Gasteiger partial charge < -0.3 is 20.4 Å². The van der Waals surface area contributed by atoms with E-state index in [0.717, 1.165) is 135 Å². The summed E-state index contributed by atoms with van der Waals surface area (Å²) >= 11 is 5.63. The molecule has 0 aliphatic heterocycles. The minimum Gasteiger partial charge on any atom is -0.390 e. The quantitative estimate of drug-likeness (QED) is 0.0680. The summed E-state index contributed by atoms with van der Waals surface area (Å²) in [7, 11) is 0. The molecule has 16 aliphatic carbocycles. The van der Waals surface area contributed by atoms with Crippen molar-refractivity contribution in [2.24, 2.45) is 164 Å². The van der Waals surface area contributed by atoms with Crippen LogP contribution in [0.15, 0.2) is 86.1 Å². The van der Waals surface area contributed by atoms with Crippen molar-refractivity contribution < 1.29 is 33.6 Å². The molecule has 16 fully saturated rings. The number of aliphatic hydroxyl groups is 4. The molecule has 16 aliphatic rings. The summed E-state index contributed by atoms with van der Waals surface area (Å²) in [5.41, 5.74) is 2.46. The molecule has 0 saturated heterocycles. The number of aromatic nitrogens is 14. The van der Waals surface area contributed by atoms with Crippen LogP contribution in [0, 0.1) is 175 Å². The number of tetrazole rings is 2. The smallest absolute Gasteiger partial charge is 0.266 e. The summed E-state index contributed by atoms with van der Waals surface area (Å²) in [4.78, 5) is 6.86. The van der Waals surface area contributed by atoms with Crippen molar-refractivity contribution in [2.45, 2.75) is 321 Å². The maximum Gasteiger partial charge on any atom is 0.266 e. The first kappa shape index (κ1) is 84.1. The van der Waals surface area contributed by atoms with Crippen molar-refractivity contribution in [3.8, 4) is 11.3 Å². The van der Waals surface area contributed by atoms with Crippen LogP contribution in [0.2, 0.25) is 0 Å². The third-order valence-electron chi connectivity index (χ3n) is 38.4. The first-order chi connectivity index (χ1) is 56.1. The van der Waals surface area contributed by atoms with Crippen LogP contribution in [0.3, 0.4) is 0 Å². The third-order valence-corrected chi connectivity index (χ3v) is 38.5. The highest BCUT2D eigenvalue weighted by atomic mass is 35.5. The van der Waals surface area contributed by atoms with E-state index in [9.17, 15) is 33.6 Å². The second-order valence-electron chi connectivity index (χ2n) is 43.6. The van der Waals surface area contributed by atoms with E-state index < -0.39 is 35.5 Å². The van der Waals surface area contributed by atoms with Gasteiger partial charge in [0, 0.05) is 5.38 Å². The number of fused-ring (bicyclic) bond motifs is 20. The zero-order valence-corrected chi connectivity index (χ0v) is 72.0. The Bertz CT molecular complexity index is 4170. The molecule has 0 radical (unpaired) electrons. The molecule has 18 nitrogen and oxygen atoms in total. The monoisotopic (exact) mass is 1630 g/mol. The van der Waals surface area contributed by atoms with Gasteiger partial charge in [0.25, 0.3) is 6.43 Å². The largest absolute Gasteiger partial charge is 0.390 e. The van der Waals surface area contributed by atoms with E-state index in [1.165, 1.54) is 183 Å². The fourth-order valence-electron chi connectivity index (χ4n) is 33.4. The van der Waals surface area contributed by atoms with Gasteiger partial charge in [0.1, 0.15) is 17.9 Å². The number of nitrogens with zero attached hydrogens (tertiary/aromatic N) is 14. The van der Waals surface area contributed by atoms with Crippen LogP contribution in [0.4, 0.5) is 13.2 Å². The van der Waals surface area contributed by atoms with Gasteiger partial charge >= 0.3 is 0 Å². The highest BCUT2D eigenvalue weighted by Gasteiger charge is 2.64. The highest BCUT2D eigenvalue weighted by Crippen LogP contribution is 2.71. The third kappa shape index (κ3) is 15.9. The van der Waals surface area contributed by atoms with Crippen LogP contribution in [0.25, 0.3) is 0 Å². The summed E-state index contributed by atoms with van der Waals surface area (Å²) in [6.45, 7) is 32.3. The van der Waals surface area contributed by atoms with Gasteiger partial charge in [-0.25, -0.2) is 13.2 Å². The zero-order chi connectivity index (χ0) is 81.8. The lowest BCUT2D eigenvalue weighted by Crippen LogP contribution is -2.52. The molecule has 4 heterocycles. The molecule has 32 atom stereocenters. The van der Waals surface area contributed by atoms with E-state index in [-0.39, 0.29) is 17.8 Å². The Morgan fingerprint density at radius 1 is 0.385 bits per heavy atom. The number of allylic oxidation sites excluding steroid dienone is 4. The maximum atomic E-state index is 13.4. The van der Waals surface area contributed by atoms with Crippen LogP contribution in [0.5, 0.6) is 0 Å². The van der Waals surface area contributed by atoms with Crippen LogP contribution >= 0.6 is 11.6 Å². The molecule has 4 aromatic rings. The standard InChI is InChI=1S/C25H34ClN3O.C24H35F2N3O.C23H35FN4O.C23H36N4O/c1-17(16-29-27-13-14-28-29)22-5-6-23-21-4-3-18-15-25(30,11-12-26)10-8-19(18)20(21)7-9-24(22,23)2;1-15(14-29-27-11-12-28-29)20-5-6-21-19-4-3-16-13-24(30,22(25)26)10-8-17(16)18(19)7-9-23(20,21)2;1-15(12-28-26-14-25-27-28)20-5-6-21-19-4-3-16-11-23(29,13-24)10-8-17(16)18(19)7-9-22(20,21)2;1-15(13-27-25-14-24-26-27)20-6-7-21-19-5-4-16-12-22(2,28)10-8-17(16)18(19)9-11-23(20,21)3/h13-14,18-23,30H,1,3-10,15-16H2,2H3;11-12,16-22,30H,1,3-10,13-14H2,2H3;14,16-21,29H,1,3-13H2,2H3;14,16-21,28H,1,4-13H2,2-3H3/t18-,19-,20+,21+,22+,23-,24+,25+;16-,17-,18+,19+,20+,21-,23+,24-;16-,17-,18+,19+,20+,21-,22+,23-;16-,17-,18+,19+,20+,21-,22-,23+/m0000/s1. The van der Waals surface area contributed by atoms with Crippen molar-refractivity contribution in [3.05, 3.63) is 86.1 Å². The van der Waals surface area contributed by atoms with Crippen molar-refractivity contribution in [2.75, 3.05) is 6.67 Å². The van der Waals surface area contributed by atoms with E-state index in [1.807, 2.05) is 0 Å². The lowest BCUT2D eigenvalue weighted by atomic mass is 9.48. The Morgan fingerprint density at radius 2 is 0.718 bits per heavy atom. The van der Waals surface area contributed by atoms with Gasteiger partial charge in [0.05, 0.1) is 62.2 Å². The molecule has 117 heavy (non-hydrogen) atoms. The van der Waals surface area contributed by atoms with Gasteiger partial charge in [-0.3, -0.25) is 0 Å². The van der Waals surface area contributed by atoms with Crippen molar-refractivity contribution in [1.29, 1.82) is 0 Å². The highest BCUT2D eigenvalue weighted by molar-refractivity contribution is 6.30. The zero-order valence-electron chi connectivity index (χ0n) is 71.3. The second kappa shape index (κ2) is 33.2. The molecule has 16 saturated carbocycles. The predicted octanol–water partition coefficient (Wildman–Crippen LogP) is 18.6. The van der Waals surface area contributed by atoms with Crippen molar-refractivity contribution in [1.82, 2.24) is 70.4 Å². The number of halogens is 4. The number of hydrogen-bond acceptors (Lipinski definition) is 14. The Morgan fingerprint density at radius 3 is 1.08 bits per heavy atom. The Hall–Kier alpha value is -5.14. The van der Waals surface area contributed by atoms with Gasteiger partial charge in [-0.2, -0.15) is 39.6 Å². The maximum absolute atomic E-state index is 13.4. The summed E-state index contributed by atoms with van der Waals surface area (Å²) in [5.74, 6) is 19.7. The van der Waals surface area contributed by atoms with Crippen LogP contribution in [-0.2, 0) is 26.2 Å². The van der Waals surface area contributed by atoms with E-state index >= 15 is 0 Å². The molecule has 22 heteroatoms. The predicted molar refractivity (Wildman–Crippen MR) is 446 cm³/mol. The van der Waals surface area contributed by atoms with E-state index in [2.05, 4.69) is 123 Å². The number of alkyl halides is 3. The molecule has 0 amide bonds. The van der Waals surface area contributed by atoms with E-state index in [1.54, 1.807) is 44.0 Å². The Balaban J connectivity index is 0.000000112. The lowest BCUT2D eigenvalue weighted by molar-refractivity contribution is -0.159. The first-order valence-corrected chi connectivity index (χ1v) is 47.1. The molecule has 0 aromatic carbocycles. The fourth-order valence-corrected chi connectivity index (χ4v) is 33.6. The molecule has 4 aromatic heterocycles. The fraction of sp³-hybridized carbons (Fsp3) is 0.832. The molecule has 20 rings (SSSR count). The molecule has 4 N–H and O–H groups in total. The van der Waals surface area contributed by atoms with Gasteiger partial charge in [-0.05, 0) is 424 Å². The SMILES string of the molecule is C=C(Cn1nccn1)[C@H]1CC[C@H]2[C@@H]3CC[C@H]4C[C@](O)(C#CCl)CC[C@@H]4[C@H]3CC[C@]12C.C=C(Cn1nccn1)[C@H]1CC[C@H]2[C@@H]3CC[C@H]4C[C@](O)(C(F)F)CC[C@@H]4[C@H]3CC[C@]12C.C=C(Cn1ncnn1)[C@H]1CC[C@H]2[C@@H]3CC[C@H]4C[C@@](C)(O)CC[C@@H]4[C@H]3CC[C@]12C.C=C(Cn1ncnn1)[C@H]1CC[C@H]2[C@@H]3CC[C@H]4C[C@](O)(CF)CC[C@@H]4[C@H]3CC[C@]12C. The van der Waals surface area contributed by atoms with Gasteiger partial charge in [-0.1, -0.05) is 82.2 Å². The average Bonchev–Trinajstić information content (AvgIpc) is 1.65. The summed E-state index contributed by atoms with van der Waals surface area (Å²) in [6.07, 6.45) is 47.5. The van der Waals surface area contributed by atoms with Crippen LogP contribution < -0.4 is 0 Å². The summed E-state index contributed by atoms with van der Waals surface area (Å²) in [5, 5.41) is 86.0. The second-order valence-corrected chi connectivity index (χ2v) is 43.8. The molecule has 0 bridgehead atoms. The van der Waals surface area contributed by atoms with Crippen molar-refractivity contribution >= 4 is 11.6 Å². The minimum absolute atomic E-state index is 0.271. The number of rotatable bonds is 14. The van der Waals surface area contributed by atoms with Crippen molar-refractivity contribution in [3.63, 3.8) is 0 Å².